The van der Waals surface area contributed by atoms with Crippen molar-refractivity contribution >= 4 is 5.82 Å². The van der Waals surface area contributed by atoms with Gasteiger partial charge in [0.2, 0.25) is 5.69 Å². The number of benzene rings is 1. The first-order valence-corrected chi connectivity index (χ1v) is 5.57. The van der Waals surface area contributed by atoms with Crippen molar-refractivity contribution < 1.29 is 4.74 Å². The Morgan fingerprint density at radius 3 is 2.78 bits per heavy atom. The van der Waals surface area contributed by atoms with Gasteiger partial charge in [-0.05, 0) is 19.1 Å². The van der Waals surface area contributed by atoms with Crippen LogP contribution in [0.25, 0.3) is 5.69 Å². The van der Waals surface area contributed by atoms with Gasteiger partial charge in [-0.2, -0.15) is 5.26 Å². The topological polar surface area (TPSA) is 75.8 Å². The van der Waals surface area contributed by atoms with Gasteiger partial charge >= 0.3 is 0 Å². The minimum absolute atomic E-state index is 0.254. The zero-order chi connectivity index (χ0) is 13.0. The number of anilines is 1. The van der Waals surface area contributed by atoms with Crippen molar-refractivity contribution in [3.63, 3.8) is 0 Å². The van der Waals surface area contributed by atoms with Crippen LogP contribution in [0.15, 0.2) is 24.3 Å². The van der Waals surface area contributed by atoms with Crippen LogP contribution in [-0.4, -0.2) is 28.6 Å². The number of aromatic nitrogens is 3. The monoisotopic (exact) mass is 243 g/mol. The molecule has 0 unspecified atom stereocenters. The van der Waals surface area contributed by atoms with Gasteiger partial charge in [0, 0.05) is 7.05 Å². The zero-order valence-electron chi connectivity index (χ0n) is 10.2. The van der Waals surface area contributed by atoms with E-state index in [0.717, 1.165) is 0 Å². The predicted molar refractivity (Wildman–Crippen MR) is 66.8 cm³/mol. The molecule has 0 aliphatic carbocycles. The average Bonchev–Trinajstić information content (AvgIpc) is 2.83. The third-order valence-electron chi connectivity index (χ3n) is 2.34. The van der Waals surface area contributed by atoms with E-state index in [1.807, 2.05) is 37.3 Å². The lowest BCUT2D eigenvalue weighted by atomic mass is 10.3. The molecule has 1 aromatic heterocycles. The van der Waals surface area contributed by atoms with Crippen LogP contribution in [0.1, 0.15) is 12.6 Å². The Balaban J connectivity index is 2.49. The molecule has 0 spiro atoms. The normalized spacial score (nSPS) is 9.83. The minimum atomic E-state index is 0.254. The van der Waals surface area contributed by atoms with Crippen LogP contribution in [0.4, 0.5) is 5.82 Å². The second kappa shape index (κ2) is 5.19. The molecule has 92 valence electrons. The molecule has 2 aromatic rings. The van der Waals surface area contributed by atoms with Gasteiger partial charge in [0.1, 0.15) is 17.5 Å². The molecule has 1 heterocycles. The second-order valence-electron chi connectivity index (χ2n) is 3.45. The van der Waals surface area contributed by atoms with Gasteiger partial charge in [-0.3, -0.25) is 0 Å². The summed E-state index contributed by atoms with van der Waals surface area (Å²) in [7, 11) is 1.70. The van der Waals surface area contributed by atoms with Crippen molar-refractivity contribution in [3.05, 3.63) is 30.0 Å². The number of para-hydroxylation sites is 2. The molecule has 18 heavy (non-hydrogen) atoms. The highest BCUT2D eigenvalue weighted by atomic mass is 16.5. The van der Waals surface area contributed by atoms with Crippen LogP contribution in [0.5, 0.6) is 5.75 Å². The fraction of sp³-hybridized carbons (Fsp3) is 0.250. The Kier molecular flexibility index (Phi) is 3.44. The molecular weight excluding hydrogens is 230 g/mol. The maximum atomic E-state index is 8.95. The van der Waals surface area contributed by atoms with E-state index in [-0.39, 0.29) is 5.69 Å². The lowest BCUT2D eigenvalue weighted by molar-refractivity contribution is 0.337. The molecule has 0 radical (unpaired) electrons. The Labute approximate surface area is 105 Å². The van der Waals surface area contributed by atoms with Gasteiger partial charge in [0.05, 0.1) is 6.61 Å². The van der Waals surface area contributed by atoms with Crippen LogP contribution in [0, 0.1) is 11.3 Å². The van der Waals surface area contributed by atoms with E-state index in [9.17, 15) is 0 Å². The number of nitrogens with one attached hydrogen (secondary N) is 1. The molecule has 6 heteroatoms. The molecule has 0 saturated heterocycles. The Hall–Kier alpha value is -2.55. The molecule has 0 amide bonds. The molecule has 1 aromatic carbocycles. The van der Waals surface area contributed by atoms with E-state index < -0.39 is 0 Å². The summed E-state index contributed by atoms with van der Waals surface area (Å²) in [5.74, 6) is 1.13. The van der Waals surface area contributed by atoms with E-state index in [0.29, 0.717) is 23.9 Å². The van der Waals surface area contributed by atoms with Gasteiger partial charge in [-0.25, -0.2) is 0 Å². The number of ether oxygens (including phenoxy) is 1. The quantitative estimate of drug-likeness (QED) is 0.882. The van der Waals surface area contributed by atoms with Crippen molar-refractivity contribution in [2.24, 2.45) is 0 Å². The maximum absolute atomic E-state index is 8.95. The summed E-state index contributed by atoms with van der Waals surface area (Å²) in [5.41, 5.74) is 0.959. The van der Waals surface area contributed by atoms with Gasteiger partial charge in [0.25, 0.3) is 0 Å². The lowest BCUT2D eigenvalue weighted by Gasteiger charge is -2.07. The third kappa shape index (κ3) is 2.11. The zero-order valence-corrected chi connectivity index (χ0v) is 10.2. The molecule has 2 rings (SSSR count). The first-order chi connectivity index (χ1) is 8.80. The van der Waals surface area contributed by atoms with Crippen LogP contribution in [-0.2, 0) is 0 Å². The first kappa shape index (κ1) is 11.9. The maximum Gasteiger partial charge on any atom is 0.207 e. The van der Waals surface area contributed by atoms with Gasteiger partial charge < -0.3 is 10.1 Å². The van der Waals surface area contributed by atoms with Crippen molar-refractivity contribution in [1.82, 2.24) is 15.0 Å². The molecule has 0 aliphatic rings. The van der Waals surface area contributed by atoms with E-state index in [1.54, 1.807) is 7.05 Å². The van der Waals surface area contributed by atoms with Gasteiger partial charge in [0.15, 0.2) is 5.82 Å². The fourth-order valence-electron chi connectivity index (χ4n) is 1.56. The number of nitriles is 1. The molecule has 0 fully saturated rings. The summed E-state index contributed by atoms with van der Waals surface area (Å²) in [6, 6.07) is 9.41. The number of rotatable bonds is 4. The van der Waals surface area contributed by atoms with Crippen LogP contribution in [0.2, 0.25) is 0 Å². The van der Waals surface area contributed by atoms with Gasteiger partial charge in [-0.15, -0.1) is 15.0 Å². The summed E-state index contributed by atoms with van der Waals surface area (Å²) < 4.78 is 5.50. The standard InChI is InChI=1S/C12H13N5O/c1-3-18-11-7-5-4-6-10(11)17-15-9(8-13)12(14-2)16-17/h4-7H,3H2,1-2H3,(H,14,16). The number of hydrogen-bond acceptors (Lipinski definition) is 5. The largest absolute Gasteiger partial charge is 0.492 e. The summed E-state index contributed by atoms with van der Waals surface area (Å²) in [4.78, 5) is 1.40. The molecular formula is C12H13N5O. The van der Waals surface area contributed by atoms with Crippen LogP contribution >= 0.6 is 0 Å². The molecule has 0 bridgehead atoms. The number of hydrogen-bond donors (Lipinski definition) is 1. The molecule has 0 saturated carbocycles. The van der Waals surface area contributed by atoms with E-state index in [1.165, 1.54) is 4.80 Å². The Morgan fingerprint density at radius 1 is 1.39 bits per heavy atom. The Bertz CT molecular complexity index is 584. The summed E-state index contributed by atoms with van der Waals surface area (Å²) >= 11 is 0. The van der Waals surface area contributed by atoms with Crippen molar-refractivity contribution in [3.8, 4) is 17.5 Å². The molecule has 0 atom stereocenters. The molecule has 1 N–H and O–H groups in total. The highest BCUT2D eigenvalue weighted by Gasteiger charge is 2.13. The molecule has 6 nitrogen and oxygen atoms in total. The molecule has 0 aliphatic heterocycles. The van der Waals surface area contributed by atoms with E-state index in [4.69, 9.17) is 10.00 Å². The fourth-order valence-corrected chi connectivity index (χ4v) is 1.56. The summed E-state index contributed by atoms with van der Waals surface area (Å²) in [6.07, 6.45) is 0. The van der Waals surface area contributed by atoms with E-state index >= 15 is 0 Å². The highest BCUT2D eigenvalue weighted by molar-refractivity contribution is 5.50. The highest BCUT2D eigenvalue weighted by Crippen LogP contribution is 2.22. The lowest BCUT2D eigenvalue weighted by Crippen LogP contribution is -2.03. The van der Waals surface area contributed by atoms with Crippen LogP contribution < -0.4 is 10.1 Å². The Morgan fingerprint density at radius 2 is 2.17 bits per heavy atom. The van der Waals surface area contributed by atoms with Crippen molar-refractivity contribution in [2.45, 2.75) is 6.92 Å². The van der Waals surface area contributed by atoms with E-state index in [2.05, 4.69) is 15.5 Å². The summed E-state index contributed by atoms with van der Waals surface area (Å²) in [5, 5.41) is 20.1. The minimum Gasteiger partial charge on any atom is -0.492 e. The smallest absolute Gasteiger partial charge is 0.207 e. The third-order valence-corrected chi connectivity index (χ3v) is 2.34. The first-order valence-electron chi connectivity index (χ1n) is 5.57. The average molecular weight is 243 g/mol. The SMILES string of the molecule is CCOc1ccccc1-n1nc(C#N)c(NC)n1. The van der Waals surface area contributed by atoms with Crippen molar-refractivity contribution in [2.75, 3.05) is 19.0 Å². The van der Waals surface area contributed by atoms with Gasteiger partial charge in [-0.1, -0.05) is 12.1 Å². The number of nitrogens with zero attached hydrogens (tertiary/aromatic N) is 4. The van der Waals surface area contributed by atoms with Crippen LogP contribution in [0.3, 0.4) is 0 Å². The second-order valence-corrected chi connectivity index (χ2v) is 3.45. The summed E-state index contributed by atoms with van der Waals surface area (Å²) in [6.45, 7) is 2.47. The van der Waals surface area contributed by atoms with Crippen molar-refractivity contribution in [1.29, 1.82) is 5.26 Å². The predicted octanol–water partition coefficient (Wildman–Crippen LogP) is 1.58.